The molecule has 1 unspecified atom stereocenters. The zero-order valence-electron chi connectivity index (χ0n) is 15.4. The SMILES string of the molecule is O=C(C(c1ccc(F)cc1)N1CCCCC1)N1CC(Oc2ccccc2)C1. The number of rotatable bonds is 5. The molecule has 0 bridgehead atoms. The number of hydrogen-bond acceptors (Lipinski definition) is 3. The number of hydrogen-bond donors (Lipinski definition) is 0. The van der Waals surface area contributed by atoms with Crippen molar-refractivity contribution in [3.05, 3.63) is 66.0 Å². The number of nitrogens with zero attached hydrogens (tertiary/aromatic N) is 2. The van der Waals surface area contributed by atoms with Gasteiger partial charge in [-0.2, -0.15) is 0 Å². The predicted octanol–water partition coefficient (Wildman–Crippen LogP) is 3.64. The third kappa shape index (κ3) is 4.14. The number of halogens is 1. The zero-order chi connectivity index (χ0) is 18.6. The van der Waals surface area contributed by atoms with Crippen molar-refractivity contribution in [1.29, 1.82) is 0 Å². The molecule has 2 aromatic carbocycles. The van der Waals surface area contributed by atoms with Crippen molar-refractivity contribution in [2.75, 3.05) is 26.2 Å². The summed E-state index contributed by atoms with van der Waals surface area (Å²) in [6.45, 7) is 3.01. The molecule has 4 nitrogen and oxygen atoms in total. The lowest BCUT2D eigenvalue weighted by Crippen LogP contribution is -2.59. The molecular weight excluding hydrogens is 343 g/mol. The summed E-state index contributed by atoms with van der Waals surface area (Å²) in [6, 6.07) is 15.7. The van der Waals surface area contributed by atoms with E-state index in [0.29, 0.717) is 13.1 Å². The lowest BCUT2D eigenvalue weighted by atomic mass is 9.98. The molecule has 27 heavy (non-hydrogen) atoms. The monoisotopic (exact) mass is 368 g/mol. The Morgan fingerprint density at radius 3 is 2.30 bits per heavy atom. The summed E-state index contributed by atoms with van der Waals surface area (Å²) in [5.74, 6) is 0.654. The Morgan fingerprint density at radius 2 is 1.63 bits per heavy atom. The van der Waals surface area contributed by atoms with E-state index in [2.05, 4.69) is 4.90 Å². The Kier molecular flexibility index (Phi) is 5.39. The number of amides is 1. The smallest absolute Gasteiger partial charge is 0.244 e. The highest BCUT2D eigenvalue weighted by Crippen LogP contribution is 2.29. The fourth-order valence-electron chi connectivity index (χ4n) is 3.89. The first-order valence-corrected chi connectivity index (χ1v) is 9.71. The number of carbonyl (C=O) groups is 1. The second kappa shape index (κ2) is 8.09. The number of likely N-dealkylation sites (tertiary alicyclic amines) is 2. The minimum absolute atomic E-state index is 0.0339. The number of piperidine rings is 1. The third-order valence-corrected chi connectivity index (χ3v) is 5.38. The maximum atomic E-state index is 13.4. The van der Waals surface area contributed by atoms with E-state index in [1.807, 2.05) is 35.2 Å². The van der Waals surface area contributed by atoms with Gasteiger partial charge in [0.1, 0.15) is 23.7 Å². The van der Waals surface area contributed by atoms with Gasteiger partial charge in [0, 0.05) is 0 Å². The molecule has 1 amide bonds. The van der Waals surface area contributed by atoms with Gasteiger partial charge < -0.3 is 9.64 Å². The van der Waals surface area contributed by atoms with Gasteiger partial charge in [-0.15, -0.1) is 0 Å². The Bertz CT molecular complexity index is 754. The van der Waals surface area contributed by atoms with E-state index in [1.165, 1.54) is 18.6 Å². The van der Waals surface area contributed by atoms with Crippen LogP contribution < -0.4 is 4.74 Å². The molecule has 0 N–H and O–H groups in total. The Hall–Kier alpha value is -2.40. The second-order valence-corrected chi connectivity index (χ2v) is 7.35. The van der Waals surface area contributed by atoms with Crippen molar-refractivity contribution in [1.82, 2.24) is 9.80 Å². The normalized spacial score (nSPS) is 19.4. The quantitative estimate of drug-likeness (QED) is 0.808. The standard InChI is InChI=1S/C22H25FN2O2/c23-18-11-9-17(10-12-18)21(24-13-5-2-6-14-24)22(26)25-15-20(16-25)27-19-7-3-1-4-8-19/h1,3-4,7-12,20-21H,2,5-6,13-16H2. The third-order valence-electron chi connectivity index (χ3n) is 5.38. The van der Waals surface area contributed by atoms with E-state index in [4.69, 9.17) is 4.74 Å². The van der Waals surface area contributed by atoms with E-state index >= 15 is 0 Å². The summed E-state index contributed by atoms with van der Waals surface area (Å²) in [4.78, 5) is 17.3. The van der Waals surface area contributed by atoms with Crippen molar-refractivity contribution in [3.63, 3.8) is 0 Å². The Balaban J connectivity index is 1.44. The molecule has 4 rings (SSSR count). The molecule has 142 valence electrons. The number of benzene rings is 2. The Labute approximate surface area is 159 Å². The average Bonchev–Trinajstić information content (AvgIpc) is 2.68. The van der Waals surface area contributed by atoms with Crippen LogP contribution in [-0.2, 0) is 4.79 Å². The highest BCUT2D eigenvalue weighted by molar-refractivity contribution is 5.84. The van der Waals surface area contributed by atoms with Gasteiger partial charge in [0.2, 0.25) is 5.91 Å². The minimum Gasteiger partial charge on any atom is -0.487 e. The molecule has 2 fully saturated rings. The molecule has 2 heterocycles. The summed E-state index contributed by atoms with van der Waals surface area (Å²) in [6.07, 6.45) is 3.44. The van der Waals surface area contributed by atoms with Gasteiger partial charge in [-0.3, -0.25) is 9.69 Å². The maximum Gasteiger partial charge on any atom is 0.244 e. The second-order valence-electron chi connectivity index (χ2n) is 7.35. The van der Waals surface area contributed by atoms with E-state index in [1.54, 1.807) is 12.1 Å². The molecule has 0 saturated carbocycles. The number of carbonyl (C=O) groups excluding carboxylic acids is 1. The number of ether oxygens (including phenoxy) is 1. The average molecular weight is 368 g/mol. The zero-order valence-corrected chi connectivity index (χ0v) is 15.4. The van der Waals surface area contributed by atoms with Crippen LogP contribution in [0.4, 0.5) is 4.39 Å². The molecule has 2 saturated heterocycles. The van der Waals surface area contributed by atoms with E-state index in [-0.39, 0.29) is 23.9 Å². The van der Waals surface area contributed by atoms with Crippen LogP contribution in [0.5, 0.6) is 5.75 Å². The Morgan fingerprint density at radius 1 is 0.963 bits per heavy atom. The lowest BCUT2D eigenvalue weighted by molar-refractivity contribution is -0.146. The van der Waals surface area contributed by atoms with Gasteiger partial charge in [0.25, 0.3) is 0 Å². The van der Waals surface area contributed by atoms with Gasteiger partial charge >= 0.3 is 0 Å². The molecule has 5 heteroatoms. The largest absolute Gasteiger partial charge is 0.487 e. The van der Waals surface area contributed by atoms with Crippen molar-refractivity contribution in [2.24, 2.45) is 0 Å². The lowest BCUT2D eigenvalue weighted by Gasteiger charge is -2.43. The molecule has 0 radical (unpaired) electrons. The van der Waals surface area contributed by atoms with E-state index in [9.17, 15) is 9.18 Å². The molecule has 1 atom stereocenters. The minimum atomic E-state index is -0.330. The summed E-state index contributed by atoms with van der Waals surface area (Å²) in [5, 5.41) is 0. The molecule has 2 aliphatic heterocycles. The topological polar surface area (TPSA) is 32.8 Å². The molecule has 0 aromatic heterocycles. The fraction of sp³-hybridized carbons (Fsp3) is 0.409. The summed E-state index contributed by atoms with van der Waals surface area (Å²) < 4.78 is 19.3. The van der Waals surface area contributed by atoms with Crippen LogP contribution in [0.25, 0.3) is 0 Å². The fourth-order valence-corrected chi connectivity index (χ4v) is 3.89. The van der Waals surface area contributed by atoms with Crippen molar-refractivity contribution in [2.45, 2.75) is 31.4 Å². The van der Waals surface area contributed by atoms with Crippen LogP contribution in [0, 0.1) is 5.82 Å². The van der Waals surface area contributed by atoms with Crippen molar-refractivity contribution < 1.29 is 13.9 Å². The van der Waals surface area contributed by atoms with E-state index in [0.717, 1.165) is 37.2 Å². The first-order valence-electron chi connectivity index (χ1n) is 9.71. The molecule has 2 aromatic rings. The van der Waals surface area contributed by atoms with Crippen LogP contribution >= 0.6 is 0 Å². The van der Waals surface area contributed by atoms with Crippen molar-refractivity contribution >= 4 is 5.91 Å². The van der Waals surface area contributed by atoms with Gasteiger partial charge in [-0.1, -0.05) is 36.8 Å². The van der Waals surface area contributed by atoms with Crippen LogP contribution in [0.1, 0.15) is 30.9 Å². The van der Waals surface area contributed by atoms with Gasteiger partial charge in [0.05, 0.1) is 13.1 Å². The predicted molar refractivity (Wildman–Crippen MR) is 102 cm³/mol. The number of para-hydroxylation sites is 1. The van der Waals surface area contributed by atoms with Gasteiger partial charge in [-0.05, 0) is 55.8 Å². The first kappa shape index (κ1) is 18.0. The van der Waals surface area contributed by atoms with Crippen LogP contribution in [0.15, 0.2) is 54.6 Å². The first-order chi connectivity index (χ1) is 13.2. The molecule has 0 aliphatic carbocycles. The molecular formula is C22H25FN2O2. The van der Waals surface area contributed by atoms with Gasteiger partial charge in [-0.25, -0.2) is 4.39 Å². The highest BCUT2D eigenvalue weighted by atomic mass is 19.1. The summed E-state index contributed by atoms with van der Waals surface area (Å²) in [5.41, 5.74) is 0.871. The summed E-state index contributed by atoms with van der Waals surface area (Å²) in [7, 11) is 0. The highest BCUT2D eigenvalue weighted by Gasteiger charge is 2.39. The van der Waals surface area contributed by atoms with E-state index < -0.39 is 0 Å². The van der Waals surface area contributed by atoms with Crippen LogP contribution in [0.3, 0.4) is 0 Å². The van der Waals surface area contributed by atoms with Crippen LogP contribution in [0.2, 0.25) is 0 Å². The summed E-state index contributed by atoms with van der Waals surface area (Å²) >= 11 is 0. The van der Waals surface area contributed by atoms with Crippen molar-refractivity contribution in [3.8, 4) is 5.75 Å². The van der Waals surface area contributed by atoms with Crippen LogP contribution in [-0.4, -0.2) is 48.0 Å². The molecule has 0 spiro atoms. The van der Waals surface area contributed by atoms with Gasteiger partial charge in [0.15, 0.2) is 0 Å². The molecule has 2 aliphatic rings. The maximum absolute atomic E-state index is 13.4.